The minimum Gasteiger partial charge on any atom is -0.475 e. The lowest BCUT2D eigenvalue weighted by Gasteiger charge is -2.31. The Morgan fingerprint density at radius 2 is 1.64 bits per heavy atom. The second kappa shape index (κ2) is 14.2. The third-order valence-corrected chi connectivity index (χ3v) is 8.89. The van der Waals surface area contributed by atoms with Crippen molar-refractivity contribution < 1.29 is 27.9 Å². The minimum atomic E-state index is -5.08. The summed E-state index contributed by atoms with van der Waals surface area (Å²) >= 11 is 1.72. The molecule has 0 saturated heterocycles. The van der Waals surface area contributed by atoms with Gasteiger partial charge in [-0.1, -0.05) is 36.4 Å². The van der Waals surface area contributed by atoms with Crippen molar-refractivity contribution >= 4 is 35.0 Å². The van der Waals surface area contributed by atoms with Crippen molar-refractivity contribution in [1.29, 1.82) is 0 Å². The topological polar surface area (TPSA) is 99.0 Å². The standard InChI is InChI=1S/C29H35N5O2S.C2HF3O2/c1-31(2)21-12-14-22(15-13-21)32(3)18-17-27(35)33-19-16-26-25(20-33)28(36)34(23-8-5-4-6-9-23)29(30-26)37-24-10-7-11-24;3-2(4,5)1(6)7/h4-6,8-9,12-15,24H,7,10-11,16-20H2,1-3H3;(H,6,7). The van der Waals surface area contributed by atoms with E-state index in [1.165, 1.54) is 19.3 Å². The Bertz CT molecular complexity index is 1510. The second-order valence-electron chi connectivity index (χ2n) is 10.9. The molecule has 13 heteroatoms. The van der Waals surface area contributed by atoms with Crippen LogP contribution >= 0.6 is 11.8 Å². The molecule has 0 spiro atoms. The van der Waals surface area contributed by atoms with Gasteiger partial charge in [0.25, 0.3) is 5.56 Å². The Balaban J connectivity index is 0.000000566. The molecule has 0 unspecified atom stereocenters. The first kappa shape index (κ1) is 32.9. The molecule has 1 aliphatic heterocycles. The van der Waals surface area contributed by atoms with E-state index in [2.05, 4.69) is 34.1 Å². The highest BCUT2D eigenvalue weighted by molar-refractivity contribution is 7.99. The highest BCUT2D eigenvalue weighted by Gasteiger charge is 2.38. The largest absolute Gasteiger partial charge is 0.490 e. The summed E-state index contributed by atoms with van der Waals surface area (Å²) in [5.74, 6) is -2.69. The van der Waals surface area contributed by atoms with Gasteiger partial charge in [0.1, 0.15) is 0 Å². The summed E-state index contributed by atoms with van der Waals surface area (Å²) < 4.78 is 33.5. The first-order chi connectivity index (χ1) is 20.8. The third-order valence-electron chi connectivity index (χ3n) is 7.60. The number of hydrogen-bond acceptors (Lipinski definition) is 7. The molecule has 1 fully saturated rings. The number of aromatic nitrogens is 2. The first-order valence-electron chi connectivity index (χ1n) is 14.3. The Morgan fingerprint density at radius 1 is 1.02 bits per heavy atom. The molecule has 3 aromatic rings. The van der Waals surface area contributed by atoms with Gasteiger partial charge in [-0.3, -0.25) is 14.2 Å². The molecular formula is C31H36F3N5O4S. The lowest BCUT2D eigenvalue weighted by atomic mass is 10.0. The Morgan fingerprint density at radius 3 is 2.18 bits per heavy atom. The molecule has 44 heavy (non-hydrogen) atoms. The molecule has 1 saturated carbocycles. The maximum atomic E-state index is 13.8. The zero-order chi connectivity index (χ0) is 32.0. The van der Waals surface area contributed by atoms with E-state index in [4.69, 9.17) is 14.9 Å². The van der Waals surface area contributed by atoms with Crippen LogP contribution in [0.2, 0.25) is 0 Å². The molecule has 1 aromatic heterocycles. The van der Waals surface area contributed by atoms with Crippen LogP contribution in [-0.2, 0) is 22.6 Å². The highest BCUT2D eigenvalue weighted by atomic mass is 32.2. The van der Waals surface area contributed by atoms with Crippen molar-refractivity contribution in [3.05, 3.63) is 76.2 Å². The molecule has 2 aliphatic rings. The number of carboxylic acid groups (broad SMARTS) is 1. The Labute approximate surface area is 258 Å². The predicted octanol–water partition coefficient (Wildman–Crippen LogP) is 4.99. The number of amides is 1. The van der Waals surface area contributed by atoms with E-state index in [1.807, 2.05) is 56.4 Å². The van der Waals surface area contributed by atoms with E-state index in [-0.39, 0.29) is 11.5 Å². The SMILES string of the molecule is CN(C)c1ccc(N(C)CCC(=O)N2CCc3nc(SC4CCC4)n(-c4ccccc4)c(=O)c3C2)cc1.O=C(O)C(F)(F)F. The molecule has 9 nitrogen and oxygen atoms in total. The van der Waals surface area contributed by atoms with Gasteiger partial charge in [-0.2, -0.15) is 13.2 Å². The number of carbonyl (C=O) groups excluding carboxylic acids is 1. The monoisotopic (exact) mass is 631 g/mol. The van der Waals surface area contributed by atoms with Crippen LogP contribution in [0.15, 0.2) is 64.5 Å². The molecule has 0 atom stereocenters. The number of hydrogen-bond donors (Lipinski definition) is 1. The molecule has 1 amide bonds. The smallest absolute Gasteiger partial charge is 0.475 e. The predicted molar refractivity (Wildman–Crippen MR) is 165 cm³/mol. The Hall–Kier alpha value is -4.00. The number of fused-ring (bicyclic) bond motifs is 1. The van der Waals surface area contributed by atoms with Crippen molar-refractivity contribution in [3.63, 3.8) is 0 Å². The van der Waals surface area contributed by atoms with Crippen LogP contribution in [0.5, 0.6) is 0 Å². The van der Waals surface area contributed by atoms with E-state index in [1.54, 1.807) is 16.3 Å². The number of para-hydroxylation sites is 1. The summed E-state index contributed by atoms with van der Waals surface area (Å²) in [6.45, 7) is 1.54. The summed E-state index contributed by atoms with van der Waals surface area (Å²) in [7, 11) is 6.05. The van der Waals surface area contributed by atoms with Gasteiger partial charge in [0, 0.05) is 63.7 Å². The number of rotatable bonds is 8. The van der Waals surface area contributed by atoms with Crippen molar-refractivity contribution in [1.82, 2.24) is 14.5 Å². The van der Waals surface area contributed by atoms with Crippen molar-refractivity contribution in [2.75, 3.05) is 44.0 Å². The molecule has 1 N–H and O–H groups in total. The van der Waals surface area contributed by atoms with Crippen LogP contribution in [0.3, 0.4) is 0 Å². The van der Waals surface area contributed by atoms with Crippen molar-refractivity contribution in [2.45, 2.75) is 55.2 Å². The summed E-state index contributed by atoms with van der Waals surface area (Å²) in [5.41, 5.74) is 4.50. The number of anilines is 2. The first-order valence-corrected chi connectivity index (χ1v) is 15.2. The molecule has 0 bridgehead atoms. The Kier molecular flexibility index (Phi) is 10.6. The summed E-state index contributed by atoms with van der Waals surface area (Å²) in [6, 6.07) is 18.1. The molecule has 2 heterocycles. The molecule has 2 aromatic carbocycles. The average molecular weight is 632 g/mol. The van der Waals surface area contributed by atoms with Gasteiger partial charge >= 0.3 is 12.1 Å². The van der Waals surface area contributed by atoms with Gasteiger partial charge < -0.3 is 19.8 Å². The van der Waals surface area contributed by atoms with Crippen molar-refractivity contribution in [3.8, 4) is 5.69 Å². The van der Waals surface area contributed by atoms with E-state index >= 15 is 0 Å². The third kappa shape index (κ3) is 8.13. The minimum absolute atomic E-state index is 0.0476. The zero-order valence-electron chi connectivity index (χ0n) is 24.9. The van der Waals surface area contributed by atoms with Crippen LogP contribution in [0.4, 0.5) is 24.5 Å². The lowest BCUT2D eigenvalue weighted by Crippen LogP contribution is -2.42. The van der Waals surface area contributed by atoms with E-state index in [0.717, 1.165) is 27.9 Å². The summed E-state index contributed by atoms with van der Waals surface area (Å²) in [5, 5.41) is 8.43. The number of carboxylic acids is 1. The number of carbonyl (C=O) groups is 2. The second-order valence-corrected chi connectivity index (χ2v) is 12.2. The number of thioether (sulfide) groups is 1. The van der Waals surface area contributed by atoms with Gasteiger partial charge in [-0.25, -0.2) is 9.78 Å². The number of benzene rings is 2. The van der Waals surface area contributed by atoms with Gasteiger partial charge in [-0.05, 0) is 49.2 Å². The summed E-state index contributed by atoms with van der Waals surface area (Å²) in [4.78, 5) is 46.8. The van der Waals surface area contributed by atoms with Crippen LogP contribution in [0.1, 0.15) is 36.9 Å². The van der Waals surface area contributed by atoms with Crippen LogP contribution in [-0.4, -0.2) is 77.1 Å². The molecular weight excluding hydrogens is 595 g/mol. The van der Waals surface area contributed by atoms with Crippen LogP contribution < -0.4 is 15.4 Å². The normalized spacial score (nSPS) is 14.5. The molecule has 236 valence electrons. The van der Waals surface area contributed by atoms with E-state index in [9.17, 15) is 22.8 Å². The van der Waals surface area contributed by atoms with Gasteiger partial charge in [0.2, 0.25) is 5.91 Å². The van der Waals surface area contributed by atoms with E-state index < -0.39 is 12.1 Å². The van der Waals surface area contributed by atoms with Crippen LogP contribution in [0.25, 0.3) is 5.69 Å². The van der Waals surface area contributed by atoms with Crippen molar-refractivity contribution in [2.24, 2.45) is 0 Å². The number of aliphatic carboxylic acids is 1. The lowest BCUT2D eigenvalue weighted by molar-refractivity contribution is -0.192. The number of alkyl halides is 3. The van der Waals surface area contributed by atoms with Gasteiger partial charge in [0.15, 0.2) is 5.16 Å². The summed E-state index contributed by atoms with van der Waals surface area (Å²) in [6.07, 6.45) is -0.485. The fraction of sp³-hybridized carbons (Fsp3) is 0.419. The average Bonchev–Trinajstić information content (AvgIpc) is 2.98. The zero-order valence-corrected chi connectivity index (χ0v) is 25.7. The maximum Gasteiger partial charge on any atom is 0.490 e. The van der Waals surface area contributed by atoms with Gasteiger partial charge in [-0.15, -0.1) is 0 Å². The maximum absolute atomic E-state index is 13.8. The highest BCUT2D eigenvalue weighted by Crippen LogP contribution is 2.36. The van der Waals surface area contributed by atoms with E-state index in [0.29, 0.717) is 43.3 Å². The quantitative estimate of drug-likeness (QED) is 0.348. The number of halogens is 3. The fourth-order valence-corrected chi connectivity index (χ4v) is 6.07. The van der Waals surface area contributed by atoms with Gasteiger partial charge in [0.05, 0.1) is 23.5 Å². The molecule has 1 aliphatic carbocycles. The molecule has 0 radical (unpaired) electrons. The molecule has 5 rings (SSSR count). The van der Waals surface area contributed by atoms with Crippen LogP contribution in [0, 0.1) is 0 Å². The number of nitrogens with zero attached hydrogens (tertiary/aromatic N) is 5. The fourth-order valence-electron chi connectivity index (χ4n) is 4.74.